The molecule has 1 aliphatic carbocycles. The second-order valence-electron chi connectivity index (χ2n) is 9.74. The molecule has 9 atom stereocenters. The van der Waals surface area contributed by atoms with E-state index in [1.807, 2.05) is 0 Å². The summed E-state index contributed by atoms with van der Waals surface area (Å²) >= 11 is 0. The summed E-state index contributed by atoms with van der Waals surface area (Å²) in [5.41, 5.74) is -1.76. The Balaban J connectivity index is 2.42. The lowest BCUT2D eigenvalue weighted by atomic mass is 9.55. The predicted octanol–water partition coefficient (Wildman–Crippen LogP) is 4.35. The molecule has 2 N–H and O–H groups in total. The Kier molecular flexibility index (Phi) is 5.71. The summed E-state index contributed by atoms with van der Waals surface area (Å²) < 4.78 is 21.0. The predicted molar refractivity (Wildman–Crippen MR) is 99.1 cm³/mol. The Labute approximate surface area is 153 Å². The maximum Gasteiger partial charge on any atom is 0.154 e. The van der Waals surface area contributed by atoms with E-state index >= 15 is 0 Å². The highest BCUT2D eigenvalue weighted by molar-refractivity contribution is 5.16. The zero-order chi connectivity index (χ0) is 19.4. The highest BCUT2D eigenvalue weighted by Gasteiger charge is 2.68. The van der Waals surface area contributed by atoms with Crippen LogP contribution in [0.3, 0.4) is 0 Å². The van der Waals surface area contributed by atoms with E-state index in [0.717, 1.165) is 12.8 Å². The number of alkyl halides is 1. The van der Waals surface area contributed by atoms with Crippen LogP contribution in [0.5, 0.6) is 0 Å². The van der Waals surface area contributed by atoms with Gasteiger partial charge in [-0.2, -0.15) is 0 Å². The minimum absolute atomic E-state index is 0.0581. The van der Waals surface area contributed by atoms with E-state index in [4.69, 9.17) is 4.74 Å². The van der Waals surface area contributed by atoms with Crippen molar-refractivity contribution in [1.82, 2.24) is 0 Å². The minimum Gasteiger partial charge on any atom is -0.390 e. The van der Waals surface area contributed by atoms with Gasteiger partial charge in [-0.1, -0.05) is 48.0 Å². The Hall–Kier alpha value is -0.190. The van der Waals surface area contributed by atoms with Crippen molar-refractivity contribution in [3.8, 4) is 0 Å². The third kappa shape index (κ3) is 2.96. The van der Waals surface area contributed by atoms with Crippen LogP contribution in [-0.2, 0) is 4.74 Å². The van der Waals surface area contributed by atoms with Crippen molar-refractivity contribution in [2.24, 2.45) is 28.6 Å². The van der Waals surface area contributed by atoms with Crippen LogP contribution >= 0.6 is 0 Å². The Morgan fingerprint density at radius 3 is 2.28 bits per heavy atom. The van der Waals surface area contributed by atoms with Crippen molar-refractivity contribution in [2.75, 3.05) is 0 Å². The van der Waals surface area contributed by atoms with E-state index in [1.165, 1.54) is 13.8 Å². The first-order chi connectivity index (χ1) is 11.4. The lowest BCUT2D eigenvalue weighted by Gasteiger charge is -2.50. The maximum atomic E-state index is 14.8. The molecule has 2 aliphatic rings. The molecule has 0 spiro atoms. The van der Waals surface area contributed by atoms with Crippen molar-refractivity contribution in [3.63, 3.8) is 0 Å². The standard InChI is InChI=1S/C21H39FO3/c1-9-13(4)21(8)18(23)16-15(20(21,7)10-2)12(3)11-14(25-16)17(22)19(5,6)24/h12-18,23-24H,9-11H2,1-8H3. The molecule has 148 valence electrons. The van der Waals surface area contributed by atoms with Gasteiger partial charge in [0.25, 0.3) is 0 Å². The van der Waals surface area contributed by atoms with Gasteiger partial charge < -0.3 is 14.9 Å². The molecule has 1 saturated heterocycles. The molecule has 1 aliphatic heterocycles. The summed E-state index contributed by atoms with van der Waals surface area (Å²) in [7, 11) is 0. The smallest absolute Gasteiger partial charge is 0.154 e. The molecule has 1 saturated carbocycles. The number of aliphatic hydroxyl groups is 2. The van der Waals surface area contributed by atoms with Gasteiger partial charge >= 0.3 is 0 Å². The molecule has 0 aromatic carbocycles. The summed E-state index contributed by atoms with van der Waals surface area (Å²) in [5, 5.41) is 21.4. The zero-order valence-electron chi connectivity index (χ0n) is 17.3. The van der Waals surface area contributed by atoms with Crippen LogP contribution in [0.25, 0.3) is 0 Å². The minimum atomic E-state index is -1.45. The van der Waals surface area contributed by atoms with Crippen molar-refractivity contribution >= 4 is 0 Å². The number of rotatable bonds is 5. The molecule has 2 fully saturated rings. The lowest BCUT2D eigenvalue weighted by Crippen LogP contribution is -2.52. The van der Waals surface area contributed by atoms with Crippen molar-refractivity contribution in [3.05, 3.63) is 0 Å². The second-order valence-corrected chi connectivity index (χ2v) is 9.74. The molecule has 0 amide bonds. The fourth-order valence-corrected chi connectivity index (χ4v) is 6.02. The SMILES string of the molecule is CCC(C)C1(C)C(O)C2OC(C(F)C(C)(C)O)CC(C)C2C1(C)CC. The highest BCUT2D eigenvalue weighted by atomic mass is 19.1. The molecule has 4 heteroatoms. The van der Waals surface area contributed by atoms with E-state index < -0.39 is 24.0 Å². The number of ether oxygens (including phenoxy) is 1. The molecule has 9 unspecified atom stereocenters. The molecule has 0 bridgehead atoms. The van der Waals surface area contributed by atoms with Crippen LogP contribution in [0.2, 0.25) is 0 Å². The first-order valence-corrected chi connectivity index (χ1v) is 10.1. The van der Waals surface area contributed by atoms with Crippen LogP contribution in [-0.4, -0.2) is 40.3 Å². The van der Waals surface area contributed by atoms with Gasteiger partial charge in [-0.15, -0.1) is 0 Å². The summed E-state index contributed by atoms with van der Waals surface area (Å²) in [6.45, 7) is 16.2. The molecule has 0 aromatic rings. The first-order valence-electron chi connectivity index (χ1n) is 10.1. The first kappa shape index (κ1) is 21.1. The number of aliphatic hydroxyl groups excluding tert-OH is 1. The maximum absolute atomic E-state index is 14.8. The zero-order valence-corrected chi connectivity index (χ0v) is 17.3. The number of hydrogen-bond acceptors (Lipinski definition) is 3. The molecular formula is C21H39FO3. The number of fused-ring (bicyclic) bond motifs is 1. The fraction of sp³-hybridized carbons (Fsp3) is 1.00. The average molecular weight is 359 g/mol. The molecular weight excluding hydrogens is 319 g/mol. The molecule has 0 radical (unpaired) electrons. The largest absolute Gasteiger partial charge is 0.390 e. The van der Waals surface area contributed by atoms with Crippen molar-refractivity contribution in [1.29, 1.82) is 0 Å². The monoisotopic (exact) mass is 358 g/mol. The van der Waals surface area contributed by atoms with Crippen LogP contribution in [0, 0.1) is 28.6 Å². The van der Waals surface area contributed by atoms with Crippen LogP contribution in [0.1, 0.15) is 74.7 Å². The third-order valence-corrected chi connectivity index (χ3v) is 8.17. The Morgan fingerprint density at radius 2 is 1.84 bits per heavy atom. The lowest BCUT2D eigenvalue weighted by molar-refractivity contribution is -0.185. The van der Waals surface area contributed by atoms with E-state index in [0.29, 0.717) is 12.3 Å². The summed E-state index contributed by atoms with van der Waals surface area (Å²) in [6, 6.07) is 0. The molecule has 0 aromatic heterocycles. The van der Waals surface area contributed by atoms with Gasteiger partial charge in [-0.3, -0.25) is 0 Å². The fourth-order valence-electron chi connectivity index (χ4n) is 6.02. The van der Waals surface area contributed by atoms with Crippen LogP contribution in [0.15, 0.2) is 0 Å². The Bertz CT molecular complexity index is 476. The van der Waals surface area contributed by atoms with Gasteiger partial charge in [0.05, 0.1) is 23.9 Å². The van der Waals surface area contributed by atoms with E-state index in [2.05, 4.69) is 41.5 Å². The van der Waals surface area contributed by atoms with Crippen molar-refractivity contribution < 1.29 is 19.3 Å². The van der Waals surface area contributed by atoms with Crippen LogP contribution < -0.4 is 0 Å². The second kappa shape index (κ2) is 6.76. The van der Waals surface area contributed by atoms with E-state index in [1.54, 1.807) is 0 Å². The van der Waals surface area contributed by atoms with Gasteiger partial charge in [-0.25, -0.2) is 4.39 Å². The molecule has 25 heavy (non-hydrogen) atoms. The summed E-state index contributed by atoms with van der Waals surface area (Å²) in [4.78, 5) is 0. The Morgan fingerprint density at radius 1 is 1.28 bits per heavy atom. The molecule has 2 rings (SSSR count). The molecule has 1 heterocycles. The van der Waals surface area contributed by atoms with E-state index in [-0.39, 0.29) is 28.8 Å². The van der Waals surface area contributed by atoms with Gasteiger partial charge in [0.2, 0.25) is 0 Å². The van der Waals surface area contributed by atoms with Gasteiger partial charge in [0.15, 0.2) is 6.17 Å². The van der Waals surface area contributed by atoms with Crippen molar-refractivity contribution in [2.45, 2.75) is 105 Å². The van der Waals surface area contributed by atoms with Gasteiger partial charge in [0, 0.05) is 5.41 Å². The summed E-state index contributed by atoms with van der Waals surface area (Å²) in [5.74, 6) is 0.800. The topological polar surface area (TPSA) is 49.7 Å². The highest BCUT2D eigenvalue weighted by Crippen LogP contribution is 2.66. The summed E-state index contributed by atoms with van der Waals surface area (Å²) in [6.07, 6.45) is -0.539. The van der Waals surface area contributed by atoms with Gasteiger partial charge in [-0.05, 0) is 49.9 Å². The number of hydrogen-bond donors (Lipinski definition) is 2. The van der Waals surface area contributed by atoms with Crippen LogP contribution in [0.4, 0.5) is 4.39 Å². The molecule has 3 nitrogen and oxygen atoms in total. The van der Waals surface area contributed by atoms with Gasteiger partial charge in [0.1, 0.15) is 0 Å². The normalized spacial score (nSPS) is 47.4. The average Bonchev–Trinajstić information content (AvgIpc) is 2.72. The quantitative estimate of drug-likeness (QED) is 0.768. The number of halogens is 1. The van der Waals surface area contributed by atoms with E-state index in [9.17, 15) is 14.6 Å². The third-order valence-electron chi connectivity index (χ3n) is 8.17.